The maximum absolute atomic E-state index is 11.7. The van der Waals surface area contributed by atoms with E-state index in [4.69, 9.17) is 0 Å². The van der Waals surface area contributed by atoms with Crippen molar-refractivity contribution in [1.82, 2.24) is 4.57 Å². The van der Waals surface area contributed by atoms with E-state index in [1.807, 2.05) is 36.4 Å². The van der Waals surface area contributed by atoms with Gasteiger partial charge in [0.05, 0.1) is 5.69 Å². The van der Waals surface area contributed by atoms with Gasteiger partial charge in [-0.25, -0.2) is 0 Å². The second-order valence-corrected chi connectivity index (χ2v) is 3.11. The Labute approximate surface area is 75.4 Å². The molecule has 2 heteroatoms. The van der Waals surface area contributed by atoms with Gasteiger partial charge in [-0.3, -0.25) is 9.36 Å². The number of benzene rings is 1. The van der Waals surface area contributed by atoms with Gasteiger partial charge in [-0.1, -0.05) is 18.2 Å². The molecule has 0 spiro atoms. The predicted molar refractivity (Wildman–Crippen MR) is 49.6 cm³/mol. The number of hydrogen-bond donors (Lipinski definition) is 0. The summed E-state index contributed by atoms with van der Waals surface area (Å²) in [5.41, 5.74) is 2.84. The van der Waals surface area contributed by atoms with Crippen LogP contribution in [-0.2, 0) is 0 Å². The van der Waals surface area contributed by atoms with E-state index in [0.29, 0.717) is 0 Å². The lowest BCUT2D eigenvalue weighted by atomic mass is 10.1. The molecule has 0 unspecified atom stereocenters. The second kappa shape index (κ2) is 2.10. The molecule has 1 aliphatic heterocycles. The first kappa shape index (κ1) is 6.66. The highest BCUT2D eigenvalue weighted by Gasteiger charge is 2.24. The highest BCUT2D eigenvalue weighted by molar-refractivity contribution is 6.08. The van der Waals surface area contributed by atoms with E-state index in [0.717, 1.165) is 16.8 Å². The Kier molecular flexibility index (Phi) is 1.08. The molecule has 13 heavy (non-hydrogen) atoms. The van der Waals surface area contributed by atoms with Crippen LogP contribution >= 0.6 is 0 Å². The van der Waals surface area contributed by atoms with E-state index >= 15 is 0 Å². The van der Waals surface area contributed by atoms with E-state index in [-0.39, 0.29) is 5.91 Å². The summed E-state index contributed by atoms with van der Waals surface area (Å²) >= 11 is 0. The fourth-order valence-electron chi connectivity index (χ4n) is 1.80. The van der Waals surface area contributed by atoms with Crippen LogP contribution in [0.1, 0.15) is 10.4 Å². The number of fused-ring (bicyclic) bond motifs is 3. The van der Waals surface area contributed by atoms with E-state index in [1.54, 1.807) is 10.8 Å². The number of nitrogens with zero attached hydrogens (tertiary/aromatic N) is 1. The summed E-state index contributed by atoms with van der Waals surface area (Å²) < 4.78 is 1.69. The van der Waals surface area contributed by atoms with Crippen LogP contribution in [0.3, 0.4) is 0 Å². The summed E-state index contributed by atoms with van der Waals surface area (Å²) in [7, 11) is 0. The number of aromatic nitrogens is 1. The van der Waals surface area contributed by atoms with Crippen molar-refractivity contribution < 1.29 is 4.79 Å². The Morgan fingerprint density at radius 3 is 2.54 bits per heavy atom. The van der Waals surface area contributed by atoms with Crippen LogP contribution in [0.2, 0.25) is 0 Å². The van der Waals surface area contributed by atoms with Crippen LogP contribution < -0.4 is 0 Å². The van der Waals surface area contributed by atoms with Gasteiger partial charge in [-0.15, -0.1) is 0 Å². The number of carbonyl (C=O) groups excluding carboxylic acids is 1. The van der Waals surface area contributed by atoms with Crippen molar-refractivity contribution in [3.63, 3.8) is 0 Å². The molecule has 62 valence electrons. The van der Waals surface area contributed by atoms with Crippen LogP contribution in [0.5, 0.6) is 0 Å². The topological polar surface area (TPSA) is 22.0 Å². The first-order chi connectivity index (χ1) is 6.38. The smallest absolute Gasteiger partial charge is 0.263 e. The molecule has 0 saturated carbocycles. The van der Waals surface area contributed by atoms with Crippen LogP contribution in [0.25, 0.3) is 11.3 Å². The molecule has 0 fully saturated rings. The molecule has 3 rings (SSSR count). The van der Waals surface area contributed by atoms with Crippen molar-refractivity contribution in [1.29, 1.82) is 0 Å². The van der Waals surface area contributed by atoms with Gasteiger partial charge in [-0.2, -0.15) is 0 Å². The lowest BCUT2D eigenvalue weighted by Gasteiger charge is -1.92. The van der Waals surface area contributed by atoms with Gasteiger partial charge in [0.1, 0.15) is 0 Å². The average Bonchev–Trinajstić information content (AvgIpc) is 2.72. The van der Waals surface area contributed by atoms with Gasteiger partial charge in [0.2, 0.25) is 0 Å². The second-order valence-electron chi connectivity index (χ2n) is 3.11. The first-order valence-electron chi connectivity index (χ1n) is 4.19. The lowest BCUT2D eigenvalue weighted by molar-refractivity contribution is 0.0969. The quantitative estimate of drug-likeness (QED) is 0.505. The summed E-state index contributed by atoms with van der Waals surface area (Å²) in [5.74, 6) is 0.0793. The van der Waals surface area contributed by atoms with Crippen LogP contribution in [0.4, 0.5) is 0 Å². The minimum atomic E-state index is 0.0793. The third-order valence-electron chi connectivity index (χ3n) is 2.40. The molecule has 2 nitrogen and oxygen atoms in total. The molecular formula is C11H7NO. The van der Waals surface area contributed by atoms with Crippen molar-refractivity contribution in [2.75, 3.05) is 0 Å². The van der Waals surface area contributed by atoms with Gasteiger partial charge < -0.3 is 0 Å². The van der Waals surface area contributed by atoms with E-state index in [2.05, 4.69) is 0 Å². The van der Waals surface area contributed by atoms with E-state index in [1.165, 1.54) is 0 Å². The Balaban J connectivity index is 2.43. The van der Waals surface area contributed by atoms with Crippen LogP contribution in [-0.4, -0.2) is 10.5 Å². The zero-order valence-electron chi connectivity index (χ0n) is 6.90. The van der Waals surface area contributed by atoms with Crippen molar-refractivity contribution in [3.8, 4) is 11.3 Å². The fraction of sp³-hybridized carbons (Fsp3) is 0. The average molecular weight is 169 g/mol. The highest BCUT2D eigenvalue weighted by Crippen LogP contribution is 2.31. The molecule has 0 saturated heterocycles. The third-order valence-corrected chi connectivity index (χ3v) is 2.40. The molecule has 1 aliphatic rings. The number of rotatable bonds is 0. The predicted octanol–water partition coefficient (Wildman–Crippen LogP) is 2.16. The van der Waals surface area contributed by atoms with Crippen molar-refractivity contribution in [2.24, 2.45) is 0 Å². The monoisotopic (exact) mass is 169 g/mol. The Morgan fingerprint density at radius 2 is 1.69 bits per heavy atom. The summed E-state index contributed by atoms with van der Waals surface area (Å²) in [6, 6.07) is 11.5. The molecule has 0 atom stereocenters. The van der Waals surface area contributed by atoms with Gasteiger partial charge in [0.25, 0.3) is 5.91 Å². The van der Waals surface area contributed by atoms with Gasteiger partial charge >= 0.3 is 0 Å². The van der Waals surface area contributed by atoms with Gasteiger partial charge in [0, 0.05) is 17.3 Å². The van der Waals surface area contributed by atoms with E-state index in [9.17, 15) is 4.79 Å². The summed E-state index contributed by atoms with van der Waals surface area (Å²) in [6.45, 7) is 0. The molecule has 0 amide bonds. The van der Waals surface area contributed by atoms with Gasteiger partial charge in [-0.05, 0) is 18.2 Å². The van der Waals surface area contributed by atoms with Crippen molar-refractivity contribution >= 4 is 5.91 Å². The van der Waals surface area contributed by atoms with Gasteiger partial charge in [0.15, 0.2) is 0 Å². The minimum absolute atomic E-state index is 0.0793. The van der Waals surface area contributed by atoms with Crippen LogP contribution in [0.15, 0.2) is 42.6 Å². The normalized spacial score (nSPS) is 12.8. The number of hydrogen-bond acceptors (Lipinski definition) is 1. The summed E-state index contributed by atoms with van der Waals surface area (Å²) in [5, 5.41) is 0. The SMILES string of the molecule is O=C1c2ccccc2-c2cccn21. The van der Waals surface area contributed by atoms with Crippen LogP contribution in [0, 0.1) is 0 Å². The molecule has 2 heterocycles. The largest absolute Gasteiger partial charge is 0.283 e. The minimum Gasteiger partial charge on any atom is -0.283 e. The van der Waals surface area contributed by atoms with Crippen molar-refractivity contribution in [3.05, 3.63) is 48.2 Å². The zero-order chi connectivity index (χ0) is 8.84. The maximum Gasteiger partial charge on any atom is 0.263 e. The zero-order valence-corrected chi connectivity index (χ0v) is 6.90. The Bertz CT molecular complexity index is 496. The molecule has 0 aliphatic carbocycles. The molecule has 0 N–H and O–H groups in total. The standard InChI is InChI=1S/C11H7NO/c13-11-9-5-2-1-4-8(9)10-6-3-7-12(10)11/h1-7H. The molecule has 2 aromatic rings. The molecular weight excluding hydrogens is 162 g/mol. The summed E-state index contributed by atoms with van der Waals surface area (Å²) in [4.78, 5) is 11.7. The summed E-state index contributed by atoms with van der Waals surface area (Å²) in [6.07, 6.45) is 1.80. The molecule has 0 radical (unpaired) electrons. The Hall–Kier alpha value is -1.83. The third kappa shape index (κ3) is 0.699. The fourth-order valence-corrected chi connectivity index (χ4v) is 1.80. The van der Waals surface area contributed by atoms with E-state index < -0.39 is 0 Å². The Morgan fingerprint density at radius 1 is 0.923 bits per heavy atom. The molecule has 1 aromatic heterocycles. The lowest BCUT2D eigenvalue weighted by Crippen LogP contribution is -2.03. The molecule has 1 aromatic carbocycles. The maximum atomic E-state index is 11.7. The first-order valence-corrected chi connectivity index (χ1v) is 4.19. The number of carbonyl (C=O) groups is 1. The van der Waals surface area contributed by atoms with Crippen molar-refractivity contribution in [2.45, 2.75) is 0 Å². The highest BCUT2D eigenvalue weighted by atomic mass is 16.2. The molecule has 0 bridgehead atoms.